The average molecular weight is 313 g/mol. The minimum atomic E-state index is -0.274. The number of hydrogen-bond donors (Lipinski definition) is 1. The molecule has 0 spiro atoms. The molecular weight excluding hydrogens is 293 g/mol. The van der Waals surface area contributed by atoms with Crippen LogP contribution in [-0.4, -0.2) is 40.3 Å². The van der Waals surface area contributed by atoms with Gasteiger partial charge in [-0.15, -0.1) is 0 Å². The quantitative estimate of drug-likeness (QED) is 0.787. The third-order valence-corrected chi connectivity index (χ3v) is 3.86. The van der Waals surface area contributed by atoms with Crippen LogP contribution < -0.4 is 5.32 Å². The van der Waals surface area contributed by atoms with Crippen LogP contribution in [0.2, 0.25) is 0 Å². The van der Waals surface area contributed by atoms with Gasteiger partial charge in [-0.05, 0) is 38.4 Å². The first kappa shape index (κ1) is 15.4. The first-order valence-corrected chi connectivity index (χ1v) is 7.48. The van der Waals surface area contributed by atoms with Gasteiger partial charge < -0.3 is 10.2 Å². The summed E-state index contributed by atoms with van der Waals surface area (Å²) in [5, 5.41) is 8.49. The summed E-state index contributed by atoms with van der Waals surface area (Å²) in [7, 11) is 5.97. The molecule has 0 unspecified atom stereocenters. The number of rotatable bonds is 5. The molecule has 0 aliphatic rings. The summed E-state index contributed by atoms with van der Waals surface area (Å²) in [6.45, 7) is 0.687. The predicted octanol–water partition coefficient (Wildman–Crippen LogP) is 2.82. The molecule has 1 atom stereocenters. The van der Waals surface area contributed by atoms with Crippen molar-refractivity contribution in [1.82, 2.24) is 19.7 Å². The smallest absolute Gasteiger partial charge is 0.126 e. The summed E-state index contributed by atoms with van der Waals surface area (Å²) in [5.74, 6) is 0.461. The second-order valence-corrected chi connectivity index (χ2v) is 5.84. The van der Waals surface area contributed by atoms with Crippen molar-refractivity contribution < 1.29 is 4.39 Å². The number of nitrogens with zero attached hydrogens (tertiary/aromatic N) is 4. The number of anilines is 1. The summed E-state index contributed by atoms with van der Waals surface area (Å²) in [6, 6.07) is 8.66. The van der Waals surface area contributed by atoms with E-state index >= 15 is 0 Å². The van der Waals surface area contributed by atoms with Crippen molar-refractivity contribution in [2.45, 2.75) is 6.04 Å². The zero-order chi connectivity index (χ0) is 16.4. The fraction of sp³-hybridized carbons (Fsp3) is 0.294. The topological polar surface area (TPSA) is 46.0 Å². The number of hydrogen-bond acceptors (Lipinski definition) is 4. The van der Waals surface area contributed by atoms with Crippen LogP contribution in [0.4, 0.5) is 10.2 Å². The molecule has 5 nitrogen and oxygen atoms in total. The van der Waals surface area contributed by atoms with Crippen molar-refractivity contribution in [2.75, 3.05) is 26.0 Å². The van der Waals surface area contributed by atoms with Crippen LogP contribution in [0.15, 0.2) is 42.7 Å². The Morgan fingerprint density at radius 3 is 2.74 bits per heavy atom. The van der Waals surface area contributed by atoms with Gasteiger partial charge in [0.15, 0.2) is 0 Å². The first-order chi connectivity index (χ1) is 11.0. The summed E-state index contributed by atoms with van der Waals surface area (Å²) < 4.78 is 15.1. The van der Waals surface area contributed by atoms with Gasteiger partial charge in [0.1, 0.15) is 11.6 Å². The van der Waals surface area contributed by atoms with Crippen molar-refractivity contribution in [2.24, 2.45) is 7.05 Å². The van der Waals surface area contributed by atoms with Gasteiger partial charge in [-0.3, -0.25) is 4.68 Å². The molecule has 0 saturated heterocycles. The number of aryl methyl sites for hydroxylation is 1. The van der Waals surface area contributed by atoms with Gasteiger partial charge in [0.2, 0.25) is 0 Å². The van der Waals surface area contributed by atoms with E-state index in [4.69, 9.17) is 0 Å². The molecule has 0 aliphatic carbocycles. The highest BCUT2D eigenvalue weighted by Gasteiger charge is 2.15. The third-order valence-electron chi connectivity index (χ3n) is 3.86. The van der Waals surface area contributed by atoms with E-state index in [1.165, 1.54) is 12.1 Å². The molecule has 0 radical (unpaired) electrons. The zero-order valence-corrected chi connectivity index (χ0v) is 13.5. The molecule has 1 N–H and O–H groups in total. The van der Waals surface area contributed by atoms with Crippen molar-refractivity contribution in [3.63, 3.8) is 0 Å². The maximum Gasteiger partial charge on any atom is 0.126 e. The van der Waals surface area contributed by atoms with Crippen molar-refractivity contribution in [3.8, 4) is 0 Å². The maximum absolute atomic E-state index is 13.3. The van der Waals surface area contributed by atoms with Crippen molar-refractivity contribution >= 4 is 16.7 Å². The highest BCUT2D eigenvalue weighted by atomic mass is 19.1. The van der Waals surface area contributed by atoms with Crippen molar-refractivity contribution in [1.29, 1.82) is 0 Å². The predicted molar refractivity (Wildman–Crippen MR) is 89.8 cm³/mol. The van der Waals surface area contributed by atoms with Crippen LogP contribution in [0.1, 0.15) is 11.6 Å². The second kappa shape index (κ2) is 6.34. The van der Waals surface area contributed by atoms with Crippen LogP contribution in [0.5, 0.6) is 0 Å². The molecule has 0 saturated carbocycles. The largest absolute Gasteiger partial charge is 0.368 e. The van der Waals surface area contributed by atoms with Crippen LogP contribution in [0.25, 0.3) is 10.9 Å². The molecule has 120 valence electrons. The van der Waals surface area contributed by atoms with Crippen molar-refractivity contribution in [3.05, 3.63) is 54.1 Å². The van der Waals surface area contributed by atoms with Gasteiger partial charge in [-0.1, -0.05) is 0 Å². The number of nitrogens with one attached hydrogen (secondary N) is 1. The molecule has 1 aromatic carbocycles. The Morgan fingerprint density at radius 2 is 2.04 bits per heavy atom. The summed E-state index contributed by atoms with van der Waals surface area (Å²) >= 11 is 0. The Kier molecular flexibility index (Phi) is 4.25. The lowest BCUT2D eigenvalue weighted by molar-refractivity contribution is 0.311. The fourth-order valence-electron chi connectivity index (χ4n) is 2.60. The Bertz CT molecular complexity index is 812. The number of aromatic nitrogens is 3. The number of likely N-dealkylation sites (N-methyl/N-ethyl adjacent to an activating group) is 1. The third kappa shape index (κ3) is 3.48. The van der Waals surface area contributed by atoms with E-state index in [9.17, 15) is 4.39 Å². The van der Waals surface area contributed by atoms with Crippen LogP contribution in [0.3, 0.4) is 0 Å². The molecule has 2 aromatic heterocycles. The van der Waals surface area contributed by atoms with Crippen LogP contribution in [0, 0.1) is 5.82 Å². The van der Waals surface area contributed by atoms with Gasteiger partial charge in [-0.25, -0.2) is 9.37 Å². The highest BCUT2D eigenvalue weighted by molar-refractivity contribution is 5.80. The molecular formula is C17H20FN5. The van der Waals surface area contributed by atoms with Gasteiger partial charge in [-0.2, -0.15) is 5.10 Å². The van der Waals surface area contributed by atoms with E-state index in [1.807, 2.05) is 45.7 Å². The molecule has 0 bridgehead atoms. The van der Waals surface area contributed by atoms with E-state index in [1.54, 1.807) is 10.7 Å². The Balaban J connectivity index is 1.78. The monoisotopic (exact) mass is 313 g/mol. The minimum absolute atomic E-state index is 0.175. The van der Waals surface area contributed by atoms with E-state index < -0.39 is 0 Å². The molecule has 0 aliphatic heterocycles. The Labute approximate surface area is 134 Å². The molecule has 2 heterocycles. The minimum Gasteiger partial charge on any atom is -0.368 e. The van der Waals surface area contributed by atoms with Gasteiger partial charge in [0.25, 0.3) is 0 Å². The molecule has 23 heavy (non-hydrogen) atoms. The Morgan fingerprint density at radius 1 is 1.26 bits per heavy atom. The van der Waals surface area contributed by atoms with Crippen LogP contribution >= 0.6 is 0 Å². The molecule has 0 fully saturated rings. The SMILES string of the molecule is CN(C)[C@@H](CNc1ccc2ccc(F)cc2n1)c1cnn(C)c1. The van der Waals surface area contributed by atoms with Crippen LogP contribution in [-0.2, 0) is 7.05 Å². The molecule has 3 rings (SSSR count). The average Bonchev–Trinajstić information content (AvgIpc) is 2.93. The lowest BCUT2D eigenvalue weighted by Crippen LogP contribution is -2.26. The maximum atomic E-state index is 13.3. The van der Waals surface area contributed by atoms with E-state index in [2.05, 4.69) is 20.3 Å². The van der Waals surface area contributed by atoms with E-state index in [0.29, 0.717) is 12.1 Å². The molecule has 3 aromatic rings. The van der Waals surface area contributed by atoms with E-state index in [0.717, 1.165) is 16.8 Å². The fourth-order valence-corrected chi connectivity index (χ4v) is 2.60. The molecule has 0 amide bonds. The number of pyridine rings is 1. The summed E-state index contributed by atoms with van der Waals surface area (Å²) in [6.07, 6.45) is 3.88. The lowest BCUT2D eigenvalue weighted by atomic mass is 10.1. The summed E-state index contributed by atoms with van der Waals surface area (Å²) in [5.41, 5.74) is 1.79. The number of fused-ring (bicyclic) bond motifs is 1. The zero-order valence-electron chi connectivity index (χ0n) is 13.5. The lowest BCUT2D eigenvalue weighted by Gasteiger charge is -2.23. The van der Waals surface area contributed by atoms with Gasteiger partial charge >= 0.3 is 0 Å². The normalized spacial score (nSPS) is 12.7. The highest BCUT2D eigenvalue weighted by Crippen LogP contribution is 2.20. The second-order valence-electron chi connectivity index (χ2n) is 5.84. The number of benzene rings is 1. The van der Waals surface area contributed by atoms with Gasteiger partial charge in [0, 0.05) is 36.8 Å². The van der Waals surface area contributed by atoms with Gasteiger partial charge in [0.05, 0.1) is 17.8 Å². The molecule has 6 heteroatoms. The standard InChI is InChI=1S/C17H20FN5/c1-22(2)16(13-9-20-23(3)11-13)10-19-17-7-5-12-4-6-14(18)8-15(12)21-17/h4-9,11,16H,10H2,1-3H3,(H,19,21)/t16-/m0/s1. The first-order valence-electron chi connectivity index (χ1n) is 7.48. The van der Waals surface area contributed by atoms with E-state index in [-0.39, 0.29) is 11.9 Å². The summed E-state index contributed by atoms with van der Waals surface area (Å²) in [4.78, 5) is 6.61. The number of halogens is 1. The Hall–Kier alpha value is -2.47.